The minimum absolute atomic E-state index is 0.0926. The molecule has 0 radical (unpaired) electrons. The van der Waals surface area contributed by atoms with Crippen molar-refractivity contribution in [1.82, 2.24) is 20.2 Å². The largest absolute Gasteiger partial charge is 0.352 e. The predicted octanol–water partition coefficient (Wildman–Crippen LogP) is 5.19. The molecule has 0 aliphatic carbocycles. The molecule has 6 nitrogen and oxygen atoms in total. The number of amides is 1. The Kier molecular flexibility index (Phi) is 14.7. The molecule has 2 aromatic heterocycles. The highest BCUT2D eigenvalue weighted by atomic mass is 35.5. The summed E-state index contributed by atoms with van der Waals surface area (Å²) in [6.07, 6.45) is 12.8. The van der Waals surface area contributed by atoms with E-state index in [1.807, 2.05) is 13.1 Å². The highest BCUT2D eigenvalue weighted by Gasteiger charge is 2.00. The average molecular weight is 447 g/mol. The number of rotatable bonds is 7. The van der Waals surface area contributed by atoms with Crippen LogP contribution in [-0.4, -0.2) is 54.2 Å². The number of nitrogens with one attached hydrogen (secondary N) is 2. The number of aldehydes is 1. The van der Waals surface area contributed by atoms with Gasteiger partial charge in [-0.1, -0.05) is 49.4 Å². The molecule has 31 heavy (non-hydrogen) atoms. The maximum Gasteiger partial charge on any atom is 0.218 e. The van der Waals surface area contributed by atoms with Gasteiger partial charge in [0.2, 0.25) is 5.91 Å². The van der Waals surface area contributed by atoms with Crippen LogP contribution in [0.2, 0.25) is 5.15 Å². The summed E-state index contributed by atoms with van der Waals surface area (Å²) in [5, 5.41) is 4.53. The molecular weight excluding hydrogens is 412 g/mol. The van der Waals surface area contributed by atoms with Gasteiger partial charge in [0.25, 0.3) is 0 Å². The first-order valence-electron chi connectivity index (χ1n) is 10.1. The van der Waals surface area contributed by atoms with E-state index in [1.54, 1.807) is 32.4 Å². The van der Waals surface area contributed by atoms with E-state index in [4.69, 9.17) is 11.6 Å². The Bertz CT molecular complexity index is 885. The Morgan fingerprint density at radius 2 is 2.03 bits per heavy atom. The van der Waals surface area contributed by atoms with Gasteiger partial charge in [-0.25, -0.2) is 4.98 Å². The minimum Gasteiger partial charge on any atom is -0.352 e. The molecule has 2 aromatic rings. The number of fused-ring (bicyclic) bond motifs is 1. The van der Waals surface area contributed by atoms with E-state index < -0.39 is 0 Å². The molecule has 1 atom stereocenters. The van der Waals surface area contributed by atoms with Crippen molar-refractivity contribution in [1.29, 1.82) is 0 Å². The summed E-state index contributed by atoms with van der Waals surface area (Å²) in [6.45, 7) is 9.56. The second-order valence-electron chi connectivity index (χ2n) is 7.03. The monoisotopic (exact) mass is 446 g/mol. The van der Waals surface area contributed by atoms with Gasteiger partial charge in [0.1, 0.15) is 5.15 Å². The van der Waals surface area contributed by atoms with Gasteiger partial charge in [-0.2, -0.15) is 0 Å². The number of halogens is 1. The maximum absolute atomic E-state index is 10.4. The quantitative estimate of drug-likeness (QED) is 0.348. The van der Waals surface area contributed by atoms with Crippen molar-refractivity contribution in [2.45, 2.75) is 39.7 Å². The molecule has 0 saturated carbocycles. The van der Waals surface area contributed by atoms with Crippen LogP contribution in [0.25, 0.3) is 10.9 Å². The summed E-state index contributed by atoms with van der Waals surface area (Å²) in [4.78, 5) is 28.8. The van der Waals surface area contributed by atoms with Crippen LogP contribution in [0.4, 0.5) is 0 Å². The van der Waals surface area contributed by atoms with Crippen molar-refractivity contribution in [2.24, 2.45) is 0 Å². The summed E-state index contributed by atoms with van der Waals surface area (Å²) in [5.41, 5.74) is 2.70. The maximum atomic E-state index is 10.4. The van der Waals surface area contributed by atoms with Crippen LogP contribution in [0.15, 0.2) is 54.8 Å². The van der Waals surface area contributed by atoms with Crippen LogP contribution < -0.4 is 5.32 Å². The first kappa shape index (κ1) is 28.3. The van der Waals surface area contributed by atoms with Gasteiger partial charge >= 0.3 is 0 Å². The molecule has 0 aliphatic rings. The molecule has 0 bridgehead atoms. The van der Waals surface area contributed by atoms with E-state index in [0.29, 0.717) is 16.9 Å². The number of H-pyrrole nitrogens is 1. The van der Waals surface area contributed by atoms with E-state index in [9.17, 15) is 9.59 Å². The summed E-state index contributed by atoms with van der Waals surface area (Å²) < 4.78 is 0. The lowest BCUT2D eigenvalue weighted by molar-refractivity contribution is -0.126. The number of carbonyl (C=O) groups excluding carboxylic acids is 2. The Hall–Kier alpha value is -2.70. The van der Waals surface area contributed by atoms with Gasteiger partial charge in [-0.3, -0.25) is 9.59 Å². The molecule has 2 N–H and O–H groups in total. The molecule has 2 rings (SSSR count). The second-order valence-corrected chi connectivity index (χ2v) is 7.42. The van der Waals surface area contributed by atoms with Crippen molar-refractivity contribution >= 4 is 34.7 Å². The summed E-state index contributed by atoms with van der Waals surface area (Å²) >= 11 is 5.65. The number of aromatic amines is 1. The van der Waals surface area contributed by atoms with Gasteiger partial charge in [0, 0.05) is 38.6 Å². The molecule has 0 unspecified atom stereocenters. The summed E-state index contributed by atoms with van der Waals surface area (Å²) in [5.74, 6) is 0.0926. The predicted molar refractivity (Wildman–Crippen MR) is 132 cm³/mol. The molecule has 0 fully saturated rings. The van der Waals surface area contributed by atoms with Crippen LogP contribution in [0, 0.1) is 0 Å². The molecule has 2 heterocycles. The Balaban J connectivity index is 0.000000465. The number of pyridine rings is 1. The lowest BCUT2D eigenvalue weighted by Gasteiger charge is -2.10. The molecular formula is C24H35ClN4O2. The Morgan fingerprint density at radius 3 is 2.52 bits per heavy atom. The zero-order chi connectivity index (χ0) is 23.8. The SMILES string of the molecule is C=C/C=C(\C=C/CC)C[C@@H](C)NC.CC(=O)N(C)C.O=Cc1cc2cnc(Cl)cc2[nH]1. The number of nitrogens with zero attached hydrogens (tertiary/aromatic N) is 2. The number of allylic oxidation sites excluding steroid dienone is 4. The van der Waals surface area contributed by atoms with Gasteiger partial charge in [-0.05, 0) is 44.5 Å². The normalized spacial score (nSPS) is 11.8. The van der Waals surface area contributed by atoms with Crippen LogP contribution in [-0.2, 0) is 4.79 Å². The van der Waals surface area contributed by atoms with E-state index in [0.717, 1.165) is 30.0 Å². The van der Waals surface area contributed by atoms with Crippen LogP contribution in [0.3, 0.4) is 0 Å². The third kappa shape index (κ3) is 12.6. The third-order valence-electron chi connectivity index (χ3n) is 4.18. The summed E-state index contributed by atoms with van der Waals surface area (Å²) in [7, 11) is 5.43. The summed E-state index contributed by atoms with van der Waals surface area (Å²) in [6, 6.07) is 3.93. The first-order chi connectivity index (χ1) is 14.7. The molecule has 7 heteroatoms. The van der Waals surface area contributed by atoms with Crippen LogP contribution in [0.1, 0.15) is 44.1 Å². The molecule has 170 valence electrons. The van der Waals surface area contributed by atoms with Crippen molar-refractivity contribution in [3.8, 4) is 0 Å². The van der Waals surface area contributed by atoms with E-state index in [1.165, 1.54) is 17.4 Å². The topological polar surface area (TPSA) is 78.1 Å². The molecule has 0 saturated heterocycles. The van der Waals surface area contributed by atoms with Crippen molar-refractivity contribution in [2.75, 3.05) is 21.1 Å². The van der Waals surface area contributed by atoms with E-state index >= 15 is 0 Å². The van der Waals surface area contributed by atoms with Crippen molar-refractivity contribution < 1.29 is 9.59 Å². The lowest BCUT2D eigenvalue weighted by atomic mass is 10.1. The average Bonchev–Trinajstić information content (AvgIpc) is 3.15. The number of carbonyl (C=O) groups is 2. The fourth-order valence-corrected chi connectivity index (χ4v) is 2.31. The smallest absolute Gasteiger partial charge is 0.218 e. The van der Waals surface area contributed by atoms with Crippen molar-refractivity contribution in [3.63, 3.8) is 0 Å². The fraction of sp³-hybridized carbons (Fsp3) is 0.375. The molecule has 0 aliphatic heterocycles. The Labute approximate surface area is 191 Å². The number of hydrogen-bond donors (Lipinski definition) is 2. The van der Waals surface area contributed by atoms with Crippen LogP contribution >= 0.6 is 11.6 Å². The van der Waals surface area contributed by atoms with E-state index in [2.05, 4.69) is 53.9 Å². The van der Waals surface area contributed by atoms with Crippen LogP contribution in [0.5, 0.6) is 0 Å². The van der Waals surface area contributed by atoms with E-state index in [-0.39, 0.29) is 5.91 Å². The molecule has 1 amide bonds. The highest BCUT2D eigenvalue weighted by molar-refractivity contribution is 6.30. The second kappa shape index (κ2) is 16.1. The lowest BCUT2D eigenvalue weighted by Crippen LogP contribution is -2.21. The van der Waals surface area contributed by atoms with Gasteiger partial charge in [-0.15, -0.1) is 0 Å². The van der Waals surface area contributed by atoms with Gasteiger partial charge in [0.05, 0.1) is 11.2 Å². The van der Waals surface area contributed by atoms with Gasteiger partial charge < -0.3 is 15.2 Å². The fourth-order valence-electron chi connectivity index (χ4n) is 2.15. The standard InChI is InChI=1S/C12H21N.C8H5ClN2O.C4H9NO/c1-5-7-9-12(8-6-2)10-11(3)13-4;9-8-2-7-5(3-10-8)1-6(4-12)11-7;1-4(6)5(2)3/h6-9,11,13H,2,5,10H2,1,3-4H3;1-4,11H;1-3H3/b9-7-,12-8+;;/t11-;;/m1../s1. The van der Waals surface area contributed by atoms with Crippen molar-refractivity contribution in [3.05, 3.63) is 65.6 Å². The zero-order valence-electron chi connectivity index (χ0n) is 19.4. The minimum atomic E-state index is 0.0926. The molecule has 0 aromatic carbocycles. The number of hydrogen-bond acceptors (Lipinski definition) is 4. The zero-order valence-corrected chi connectivity index (χ0v) is 20.2. The first-order valence-corrected chi connectivity index (χ1v) is 10.5. The number of aromatic nitrogens is 2. The Morgan fingerprint density at radius 1 is 1.39 bits per heavy atom. The van der Waals surface area contributed by atoms with Gasteiger partial charge in [0.15, 0.2) is 6.29 Å². The molecule has 0 spiro atoms. The highest BCUT2D eigenvalue weighted by Crippen LogP contribution is 2.16. The third-order valence-corrected chi connectivity index (χ3v) is 4.39.